The molecule has 3 atom stereocenters. The molecule has 1 aromatic rings. The quantitative estimate of drug-likeness (QED) is 0.923. The molecule has 8 heteroatoms. The van der Waals surface area contributed by atoms with Gasteiger partial charge in [-0.15, -0.1) is 0 Å². The van der Waals surface area contributed by atoms with Crippen LogP contribution in [0.25, 0.3) is 0 Å². The van der Waals surface area contributed by atoms with E-state index < -0.39 is 11.9 Å². The van der Waals surface area contributed by atoms with E-state index >= 15 is 0 Å². The number of fused-ring (bicyclic) bond motifs is 1. The van der Waals surface area contributed by atoms with Gasteiger partial charge >= 0.3 is 6.18 Å². The molecule has 0 aromatic carbocycles. The molecule has 2 heterocycles. The highest BCUT2D eigenvalue weighted by molar-refractivity contribution is 5.45. The lowest BCUT2D eigenvalue weighted by molar-refractivity contribution is -0.141. The van der Waals surface area contributed by atoms with Gasteiger partial charge in [0.05, 0.1) is 6.10 Å². The molecule has 2 fully saturated rings. The summed E-state index contributed by atoms with van der Waals surface area (Å²) in [6.07, 6.45) is -3.44. The maximum Gasteiger partial charge on any atom is 0.433 e. The van der Waals surface area contributed by atoms with Crippen LogP contribution in [0, 0.1) is 11.3 Å². The molecule has 1 N–H and O–H groups in total. The molecule has 1 aliphatic heterocycles. The molecule has 128 valence electrons. The number of hydrogen-bond acceptors (Lipinski definition) is 5. The van der Waals surface area contributed by atoms with Crippen LogP contribution in [0.3, 0.4) is 0 Å². The first kappa shape index (κ1) is 16.3. The van der Waals surface area contributed by atoms with E-state index in [-0.39, 0.29) is 29.3 Å². The molecular formula is C15H21F3N4O. The molecule has 0 radical (unpaired) electrons. The largest absolute Gasteiger partial charge is 0.433 e. The first-order valence-electron chi connectivity index (χ1n) is 7.62. The molecule has 1 aromatic heterocycles. The predicted molar refractivity (Wildman–Crippen MR) is 80.4 cm³/mol. The lowest BCUT2D eigenvalue weighted by atomic mass is 9.57. The first-order valence-corrected chi connectivity index (χ1v) is 7.62. The van der Waals surface area contributed by atoms with Crippen LogP contribution in [-0.2, 0) is 10.9 Å². The fraction of sp³-hybridized carbons (Fsp3) is 0.733. The summed E-state index contributed by atoms with van der Waals surface area (Å²) in [7, 11) is 3.31. The Balaban J connectivity index is 1.89. The zero-order chi connectivity index (χ0) is 17.0. The Bertz CT molecular complexity index is 603. The number of aromatic nitrogens is 2. The predicted octanol–water partition coefficient (Wildman–Crippen LogP) is 2.79. The number of hydrogen-bond donors (Lipinski definition) is 1. The molecule has 0 amide bonds. The molecule has 1 saturated heterocycles. The second kappa shape index (κ2) is 5.22. The Morgan fingerprint density at radius 3 is 2.61 bits per heavy atom. The van der Waals surface area contributed by atoms with Gasteiger partial charge in [0.15, 0.2) is 5.69 Å². The average Bonchev–Trinajstić information content (AvgIpc) is 2.90. The smallest absolute Gasteiger partial charge is 0.377 e. The van der Waals surface area contributed by atoms with Crippen molar-refractivity contribution in [3.63, 3.8) is 0 Å². The van der Waals surface area contributed by atoms with Crippen LogP contribution in [0.15, 0.2) is 6.07 Å². The number of alkyl halides is 3. The summed E-state index contributed by atoms with van der Waals surface area (Å²) in [6.45, 7) is 4.80. The standard InChI is InChI=1S/C15H21F3N4O/c1-14(2)11(8-5-6-23-12(8)14)21-13-19-9(15(16,17)18)7-10(20-13)22(3)4/h7-8,11-12H,5-6H2,1-4H3,(H,19,20,21)/t8-,11-,12+/m1/s1. The van der Waals surface area contributed by atoms with Gasteiger partial charge in [-0.05, 0) is 6.42 Å². The van der Waals surface area contributed by atoms with E-state index in [0.717, 1.165) is 12.5 Å². The number of anilines is 2. The molecule has 0 spiro atoms. The Hall–Kier alpha value is -1.57. The minimum atomic E-state index is -4.50. The van der Waals surface area contributed by atoms with E-state index in [4.69, 9.17) is 4.74 Å². The SMILES string of the molecule is CN(C)c1cc(C(F)(F)F)nc(N[C@@H]2[C@H]3CCO[C@@H]3C2(C)C)n1. The summed E-state index contributed by atoms with van der Waals surface area (Å²) in [4.78, 5) is 9.42. The number of halogens is 3. The third-order valence-corrected chi connectivity index (χ3v) is 4.85. The van der Waals surface area contributed by atoms with Gasteiger partial charge in [0, 0.05) is 44.1 Å². The fourth-order valence-corrected chi connectivity index (χ4v) is 3.63. The fourth-order valence-electron chi connectivity index (χ4n) is 3.63. The lowest BCUT2D eigenvalue weighted by Crippen LogP contribution is -2.63. The molecule has 23 heavy (non-hydrogen) atoms. The Morgan fingerprint density at radius 1 is 1.30 bits per heavy atom. The normalized spacial score (nSPS) is 28.9. The van der Waals surface area contributed by atoms with E-state index in [1.165, 1.54) is 4.90 Å². The van der Waals surface area contributed by atoms with Crippen LogP contribution in [-0.4, -0.2) is 42.8 Å². The van der Waals surface area contributed by atoms with Crippen molar-refractivity contribution in [3.8, 4) is 0 Å². The van der Waals surface area contributed by atoms with Crippen LogP contribution in [0.2, 0.25) is 0 Å². The zero-order valence-electron chi connectivity index (χ0n) is 13.6. The number of nitrogens with one attached hydrogen (secondary N) is 1. The van der Waals surface area contributed by atoms with Gasteiger partial charge in [0.2, 0.25) is 5.95 Å². The summed E-state index contributed by atoms with van der Waals surface area (Å²) < 4.78 is 44.9. The molecule has 3 rings (SSSR count). The van der Waals surface area contributed by atoms with Gasteiger partial charge in [-0.25, -0.2) is 4.98 Å². The lowest BCUT2D eigenvalue weighted by Gasteiger charge is -2.54. The molecule has 0 unspecified atom stereocenters. The van der Waals surface area contributed by atoms with E-state index in [1.54, 1.807) is 14.1 Å². The first-order chi connectivity index (χ1) is 10.6. The van der Waals surface area contributed by atoms with Crippen molar-refractivity contribution >= 4 is 11.8 Å². The summed E-state index contributed by atoms with van der Waals surface area (Å²) >= 11 is 0. The maximum absolute atomic E-state index is 13.1. The molecule has 5 nitrogen and oxygen atoms in total. The number of ether oxygens (including phenoxy) is 1. The minimum Gasteiger partial charge on any atom is -0.377 e. The van der Waals surface area contributed by atoms with Crippen molar-refractivity contribution in [2.75, 3.05) is 30.9 Å². The van der Waals surface area contributed by atoms with E-state index in [0.29, 0.717) is 12.5 Å². The van der Waals surface area contributed by atoms with Crippen molar-refractivity contribution in [1.29, 1.82) is 0 Å². The summed E-state index contributed by atoms with van der Waals surface area (Å²) in [5.41, 5.74) is -1.09. The monoisotopic (exact) mass is 330 g/mol. The third kappa shape index (κ3) is 2.73. The summed E-state index contributed by atoms with van der Waals surface area (Å²) in [5.74, 6) is 0.545. The summed E-state index contributed by atoms with van der Waals surface area (Å²) in [5, 5.41) is 3.12. The van der Waals surface area contributed by atoms with Crippen LogP contribution in [0.5, 0.6) is 0 Å². The highest BCUT2D eigenvalue weighted by Crippen LogP contribution is 2.53. The Morgan fingerprint density at radius 2 is 2.00 bits per heavy atom. The molecule has 1 aliphatic carbocycles. The zero-order valence-corrected chi connectivity index (χ0v) is 13.6. The number of nitrogens with zero attached hydrogens (tertiary/aromatic N) is 3. The van der Waals surface area contributed by atoms with Crippen molar-refractivity contribution in [1.82, 2.24) is 9.97 Å². The topological polar surface area (TPSA) is 50.3 Å². The van der Waals surface area contributed by atoms with Gasteiger partial charge in [-0.3, -0.25) is 0 Å². The second-order valence-electron chi connectivity index (χ2n) is 7.01. The second-order valence-corrected chi connectivity index (χ2v) is 7.01. The van der Waals surface area contributed by atoms with Crippen LogP contribution in [0.4, 0.5) is 24.9 Å². The van der Waals surface area contributed by atoms with Crippen molar-refractivity contribution in [2.24, 2.45) is 11.3 Å². The Labute approximate surface area is 133 Å². The van der Waals surface area contributed by atoms with Crippen LogP contribution < -0.4 is 10.2 Å². The molecular weight excluding hydrogens is 309 g/mol. The maximum atomic E-state index is 13.1. The summed E-state index contributed by atoms with van der Waals surface area (Å²) in [6, 6.07) is 0.965. The van der Waals surface area contributed by atoms with E-state index in [1.807, 2.05) is 0 Å². The third-order valence-electron chi connectivity index (χ3n) is 4.85. The molecule has 2 aliphatic rings. The Kier molecular flexibility index (Phi) is 3.70. The van der Waals surface area contributed by atoms with Crippen molar-refractivity contribution < 1.29 is 17.9 Å². The van der Waals surface area contributed by atoms with Gasteiger partial charge in [0.25, 0.3) is 0 Å². The highest BCUT2D eigenvalue weighted by atomic mass is 19.4. The molecule has 0 bridgehead atoms. The average molecular weight is 330 g/mol. The van der Waals surface area contributed by atoms with Crippen LogP contribution >= 0.6 is 0 Å². The van der Waals surface area contributed by atoms with Gasteiger partial charge < -0.3 is 15.0 Å². The van der Waals surface area contributed by atoms with Crippen molar-refractivity contribution in [3.05, 3.63) is 11.8 Å². The molecule has 1 saturated carbocycles. The number of rotatable bonds is 3. The minimum absolute atomic E-state index is 0.00787. The van der Waals surface area contributed by atoms with E-state index in [9.17, 15) is 13.2 Å². The van der Waals surface area contributed by atoms with Crippen LogP contribution in [0.1, 0.15) is 26.0 Å². The van der Waals surface area contributed by atoms with Gasteiger partial charge in [-0.2, -0.15) is 18.2 Å². The highest BCUT2D eigenvalue weighted by Gasteiger charge is 2.59. The van der Waals surface area contributed by atoms with Crippen molar-refractivity contribution in [2.45, 2.75) is 38.6 Å². The van der Waals surface area contributed by atoms with E-state index in [2.05, 4.69) is 29.1 Å². The van der Waals surface area contributed by atoms with Gasteiger partial charge in [0.1, 0.15) is 5.82 Å². The van der Waals surface area contributed by atoms with Gasteiger partial charge in [-0.1, -0.05) is 13.8 Å².